The van der Waals surface area contributed by atoms with E-state index in [0.717, 1.165) is 22.6 Å². The summed E-state index contributed by atoms with van der Waals surface area (Å²) in [6.45, 7) is 0.536. The maximum atomic E-state index is 13.2. The molecule has 0 saturated carbocycles. The van der Waals surface area contributed by atoms with Gasteiger partial charge in [0.1, 0.15) is 11.5 Å². The highest BCUT2D eigenvalue weighted by Gasteiger charge is 2.28. The quantitative estimate of drug-likeness (QED) is 0.463. The van der Waals surface area contributed by atoms with Crippen molar-refractivity contribution < 1.29 is 14.3 Å². The normalized spacial score (nSPS) is 12.2. The number of carbonyl (C=O) groups excluding carboxylic acids is 2. The smallest absolute Gasteiger partial charge is 0.252 e. The summed E-state index contributed by atoms with van der Waals surface area (Å²) in [7, 11) is 0. The fourth-order valence-electron chi connectivity index (χ4n) is 3.89. The third-order valence-electron chi connectivity index (χ3n) is 5.52. The van der Waals surface area contributed by atoms with E-state index in [-0.39, 0.29) is 17.9 Å². The van der Waals surface area contributed by atoms with Gasteiger partial charge in [-0.2, -0.15) is 0 Å². The Bertz CT molecular complexity index is 1250. The Hall–Kier alpha value is -4.39. The Kier molecular flexibility index (Phi) is 5.59. The Balaban J connectivity index is 1.31. The number of anilines is 1. The van der Waals surface area contributed by atoms with Crippen molar-refractivity contribution in [2.75, 3.05) is 5.32 Å². The van der Waals surface area contributed by atoms with Crippen molar-refractivity contribution in [3.63, 3.8) is 0 Å². The largest absolute Gasteiger partial charge is 0.457 e. The summed E-state index contributed by atoms with van der Waals surface area (Å²) in [6.07, 6.45) is 5.47. The molecule has 3 aromatic carbocycles. The Morgan fingerprint density at radius 1 is 0.939 bits per heavy atom. The summed E-state index contributed by atoms with van der Waals surface area (Å²) in [4.78, 5) is 29.5. The van der Waals surface area contributed by atoms with Gasteiger partial charge in [0.2, 0.25) is 5.91 Å². The molecule has 0 saturated heterocycles. The molecular formula is C26H22N4O3. The minimum atomic E-state index is -0.341. The molecule has 33 heavy (non-hydrogen) atoms. The fourth-order valence-corrected chi connectivity index (χ4v) is 3.89. The number of rotatable bonds is 6. The molecule has 0 fully saturated rings. The molecular weight excluding hydrogens is 416 g/mol. The zero-order valence-electron chi connectivity index (χ0n) is 17.8. The standard InChI is InChI=1S/C26H22N4O3/c31-24(12-14-30-15-13-27-17-30)28-19-7-5-6-18(16-19)26(32)29-25-20-8-1-3-10-22(20)33-23-11-4-2-9-21(23)25/h1-11,13,15-17,25H,12,14H2,(H,28,31)(H,29,32). The molecule has 0 atom stereocenters. The van der Waals surface area contributed by atoms with Crippen LogP contribution in [0, 0.1) is 0 Å². The molecule has 7 nitrogen and oxygen atoms in total. The molecule has 7 heteroatoms. The number of aryl methyl sites for hydroxylation is 1. The van der Waals surface area contributed by atoms with Gasteiger partial charge in [-0.15, -0.1) is 0 Å². The highest BCUT2D eigenvalue weighted by Crippen LogP contribution is 2.42. The molecule has 0 spiro atoms. The van der Waals surface area contributed by atoms with Gasteiger partial charge in [0.15, 0.2) is 0 Å². The van der Waals surface area contributed by atoms with E-state index in [1.165, 1.54) is 0 Å². The van der Waals surface area contributed by atoms with Gasteiger partial charge in [-0.05, 0) is 30.3 Å². The summed E-state index contributed by atoms with van der Waals surface area (Å²) in [5, 5.41) is 5.99. The van der Waals surface area contributed by atoms with Gasteiger partial charge in [0, 0.05) is 47.7 Å². The molecule has 0 aliphatic carbocycles. The average Bonchev–Trinajstić information content (AvgIpc) is 3.36. The van der Waals surface area contributed by atoms with Gasteiger partial charge >= 0.3 is 0 Å². The predicted octanol–water partition coefficient (Wildman–Crippen LogP) is 4.54. The van der Waals surface area contributed by atoms with Gasteiger partial charge < -0.3 is 19.9 Å². The van der Waals surface area contributed by atoms with E-state index >= 15 is 0 Å². The van der Waals surface area contributed by atoms with Crippen molar-refractivity contribution in [1.82, 2.24) is 14.9 Å². The first-order chi connectivity index (χ1) is 16.2. The van der Waals surface area contributed by atoms with E-state index in [9.17, 15) is 9.59 Å². The van der Waals surface area contributed by atoms with Gasteiger partial charge in [0.25, 0.3) is 5.91 Å². The van der Waals surface area contributed by atoms with Crippen LogP contribution in [0.3, 0.4) is 0 Å². The summed E-state index contributed by atoms with van der Waals surface area (Å²) in [5.41, 5.74) is 2.83. The van der Waals surface area contributed by atoms with Crippen LogP contribution in [0.15, 0.2) is 91.5 Å². The number of para-hydroxylation sites is 2. The second-order valence-electron chi connectivity index (χ2n) is 7.76. The van der Waals surface area contributed by atoms with Crippen LogP contribution < -0.4 is 15.4 Å². The Labute approximate surface area is 191 Å². The van der Waals surface area contributed by atoms with E-state index in [1.54, 1.807) is 36.8 Å². The van der Waals surface area contributed by atoms with Crippen molar-refractivity contribution in [2.45, 2.75) is 19.0 Å². The number of nitrogens with one attached hydrogen (secondary N) is 2. The fraction of sp³-hybridized carbons (Fsp3) is 0.115. The molecule has 1 aliphatic rings. The maximum absolute atomic E-state index is 13.2. The first kappa shape index (κ1) is 20.5. The number of imidazole rings is 1. The monoisotopic (exact) mass is 438 g/mol. The van der Waals surface area contributed by atoms with E-state index in [0.29, 0.717) is 24.2 Å². The molecule has 2 amide bonds. The maximum Gasteiger partial charge on any atom is 0.252 e. The van der Waals surface area contributed by atoms with Crippen LogP contribution in [0.4, 0.5) is 5.69 Å². The predicted molar refractivity (Wildman–Crippen MR) is 124 cm³/mol. The minimum absolute atomic E-state index is 0.131. The first-order valence-electron chi connectivity index (χ1n) is 10.7. The van der Waals surface area contributed by atoms with Gasteiger partial charge in [0.05, 0.1) is 12.4 Å². The van der Waals surface area contributed by atoms with Crippen molar-refractivity contribution in [3.05, 3.63) is 108 Å². The number of amides is 2. The number of nitrogens with zero attached hydrogens (tertiary/aromatic N) is 2. The molecule has 4 aromatic rings. The van der Waals surface area contributed by atoms with Crippen molar-refractivity contribution in [2.24, 2.45) is 0 Å². The number of fused-ring (bicyclic) bond motifs is 2. The molecule has 0 unspecified atom stereocenters. The summed E-state index contributed by atoms with van der Waals surface area (Å²) >= 11 is 0. The lowest BCUT2D eigenvalue weighted by Crippen LogP contribution is -2.31. The van der Waals surface area contributed by atoms with Crippen LogP contribution in [0.25, 0.3) is 0 Å². The zero-order chi connectivity index (χ0) is 22.6. The third kappa shape index (κ3) is 4.48. The molecule has 1 aliphatic heterocycles. The summed E-state index contributed by atoms with van der Waals surface area (Å²) in [5.74, 6) is 1.08. The first-order valence-corrected chi connectivity index (χ1v) is 10.7. The number of aromatic nitrogens is 2. The lowest BCUT2D eigenvalue weighted by Gasteiger charge is -2.28. The van der Waals surface area contributed by atoms with E-state index < -0.39 is 0 Å². The van der Waals surface area contributed by atoms with Gasteiger partial charge in [-0.3, -0.25) is 9.59 Å². The highest BCUT2D eigenvalue weighted by atomic mass is 16.5. The van der Waals surface area contributed by atoms with E-state index in [2.05, 4.69) is 15.6 Å². The number of benzene rings is 3. The van der Waals surface area contributed by atoms with Crippen molar-refractivity contribution >= 4 is 17.5 Å². The molecule has 164 valence electrons. The number of hydrogen-bond donors (Lipinski definition) is 2. The minimum Gasteiger partial charge on any atom is -0.457 e. The molecule has 5 rings (SSSR count). The van der Waals surface area contributed by atoms with Crippen LogP contribution in [0.2, 0.25) is 0 Å². The summed E-state index contributed by atoms with van der Waals surface area (Å²) < 4.78 is 7.84. The third-order valence-corrected chi connectivity index (χ3v) is 5.52. The van der Waals surface area contributed by atoms with Crippen molar-refractivity contribution in [1.29, 1.82) is 0 Å². The number of ether oxygens (including phenoxy) is 1. The lowest BCUT2D eigenvalue weighted by molar-refractivity contribution is -0.116. The topological polar surface area (TPSA) is 85.2 Å². The van der Waals surface area contributed by atoms with Gasteiger partial charge in [-0.1, -0.05) is 42.5 Å². The Morgan fingerprint density at radius 3 is 2.36 bits per heavy atom. The summed E-state index contributed by atoms with van der Waals surface area (Å²) in [6, 6.07) is 22.0. The second kappa shape index (κ2) is 9.00. The average molecular weight is 438 g/mol. The van der Waals surface area contributed by atoms with Crippen LogP contribution in [0.1, 0.15) is 33.9 Å². The number of hydrogen-bond acceptors (Lipinski definition) is 4. The highest BCUT2D eigenvalue weighted by molar-refractivity contribution is 5.97. The molecule has 0 bridgehead atoms. The second-order valence-corrected chi connectivity index (χ2v) is 7.76. The molecule has 2 N–H and O–H groups in total. The molecule has 1 aromatic heterocycles. The van der Waals surface area contributed by atoms with Crippen LogP contribution in [-0.2, 0) is 11.3 Å². The zero-order valence-corrected chi connectivity index (χ0v) is 17.8. The number of carbonyl (C=O) groups is 2. The SMILES string of the molecule is O=C(CCn1ccnc1)Nc1cccc(C(=O)NC2c3ccccc3Oc3ccccc32)c1. The Morgan fingerprint density at radius 2 is 1.67 bits per heavy atom. The van der Waals surface area contributed by atoms with Gasteiger partial charge in [-0.25, -0.2) is 4.98 Å². The lowest BCUT2D eigenvalue weighted by atomic mass is 9.94. The van der Waals surface area contributed by atoms with Crippen molar-refractivity contribution in [3.8, 4) is 11.5 Å². The van der Waals surface area contributed by atoms with Crippen LogP contribution >= 0.6 is 0 Å². The van der Waals surface area contributed by atoms with Crippen LogP contribution in [0.5, 0.6) is 11.5 Å². The molecule has 0 radical (unpaired) electrons. The van der Waals surface area contributed by atoms with E-state index in [4.69, 9.17) is 4.74 Å². The van der Waals surface area contributed by atoms with Crippen LogP contribution in [-0.4, -0.2) is 21.4 Å². The van der Waals surface area contributed by atoms with E-state index in [1.807, 2.05) is 59.3 Å². The molecule has 2 heterocycles.